The summed E-state index contributed by atoms with van der Waals surface area (Å²) in [5.74, 6) is 2.22. The van der Waals surface area contributed by atoms with Gasteiger partial charge in [0.25, 0.3) is 0 Å². The summed E-state index contributed by atoms with van der Waals surface area (Å²) in [6, 6.07) is 7.38. The van der Waals surface area contributed by atoms with Crippen molar-refractivity contribution in [3.05, 3.63) is 24.3 Å². The summed E-state index contributed by atoms with van der Waals surface area (Å²) in [5.41, 5.74) is 0. The van der Waals surface area contributed by atoms with Gasteiger partial charge in [0.1, 0.15) is 17.6 Å². The summed E-state index contributed by atoms with van der Waals surface area (Å²) in [7, 11) is 3.26. The number of nitrogens with one attached hydrogen (secondary N) is 2. The molecular formula is C19H29F3N4O2. The molecule has 1 saturated heterocycles. The molecule has 1 aliphatic rings. The van der Waals surface area contributed by atoms with E-state index in [2.05, 4.69) is 15.6 Å². The number of rotatable bonds is 8. The number of hydrogen-bond donors (Lipinski definition) is 2. The third-order valence-electron chi connectivity index (χ3n) is 4.49. The Bertz CT molecular complexity index is 640. The number of guanidine groups is 1. The molecule has 0 bridgehead atoms. The highest BCUT2D eigenvalue weighted by Gasteiger charge is 2.34. The number of halogens is 3. The minimum atomic E-state index is -4.14. The largest absolute Gasteiger partial charge is 0.497 e. The van der Waals surface area contributed by atoms with Gasteiger partial charge in [0, 0.05) is 26.2 Å². The van der Waals surface area contributed by atoms with E-state index in [0.29, 0.717) is 37.9 Å². The summed E-state index contributed by atoms with van der Waals surface area (Å²) >= 11 is 0. The highest BCUT2D eigenvalue weighted by Crippen LogP contribution is 2.22. The second kappa shape index (κ2) is 10.4. The first-order valence-corrected chi connectivity index (χ1v) is 9.33. The molecule has 0 spiro atoms. The molecule has 0 aliphatic carbocycles. The Morgan fingerprint density at radius 1 is 1.32 bits per heavy atom. The fourth-order valence-electron chi connectivity index (χ4n) is 3.13. The Labute approximate surface area is 164 Å². The number of benzene rings is 1. The minimum Gasteiger partial charge on any atom is -0.497 e. The molecule has 1 aromatic rings. The number of aliphatic imine (C=N–C) groups is 1. The maximum absolute atomic E-state index is 12.5. The van der Waals surface area contributed by atoms with E-state index in [1.165, 1.54) is 4.90 Å². The van der Waals surface area contributed by atoms with Crippen LogP contribution in [0, 0.1) is 5.92 Å². The standard InChI is InChI=1S/C19H29F3N4O2/c1-14(28-17-6-4-5-16(9-17)27-3)10-24-18(23-2)25-11-15-7-8-26(12-15)13-19(20,21)22/h4-6,9,14-15H,7-8,10-13H2,1-3H3,(H2,23,24,25). The van der Waals surface area contributed by atoms with Gasteiger partial charge in [-0.25, -0.2) is 0 Å². The first-order chi connectivity index (χ1) is 13.3. The number of methoxy groups -OCH3 is 1. The molecule has 0 aromatic heterocycles. The van der Waals surface area contributed by atoms with Gasteiger partial charge in [-0.3, -0.25) is 9.89 Å². The van der Waals surface area contributed by atoms with Crippen molar-refractivity contribution in [1.29, 1.82) is 0 Å². The molecule has 0 saturated carbocycles. The molecule has 2 unspecified atom stereocenters. The molecule has 158 valence electrons. The average molecular weight is 402 g/mol. The predicted octanol–water partition coefficient (Wildman–Crippen LogP) is 2.51. The van der Waals surface area contributed by atoms with Crippen LogP contribution < -0.4 is 20.1 Å². The van der Waals surface area contributed by atoms with Gasteiger partial charge < -0.3 is 20.1 Å². The smallest absolute Gasteiger partial charge is 0.401 e. The van der Waals surface area contributed by atoms with Crippen LogP contribution in [0.25, 0.3) is 0 Å². The number of likely N-dealkylation sites (tertiary alicyclic amines) is 1. The summed E-state index contributed by atoms with van der Waals surface area (Å²) in [6.07, 6.45) is -3.51. The van der Waals surface area contributed by atoms with Crippen molar-refractivity contribution >= 4 is 5.96 Å². The number of alkyl halides is 3. The summed E-state index contributed by atoms with van der Waals surface area (Å²) in [6.45, 7) is 3.13. The van der Waals surface area contributed by atoms with Crippen LogP contribution in [-0.4, -0.2) is 70.0 Å². The van der Waals surface area contributed by atoms with Crippen LogP contribution in [0.4, 0.5) is 13.2 Å². The van der Waals surface area contributed by atoms with E-state index in [-0.39, 0.29) is 12.0 Å². The zero-order chi connectivity index (χ0) is 20.6. The van der Waals surface area contributed by atoms with Crippen molar-refractivity contribution in [3.63, 3.8) is 0 Å². The molecule has 2 rings (SSSR count). The molecular weight excluding hydrogens is 373 g/mol. The van der Waals surface area contributed by atoms with Crippen molar-refractivity contribution in [1.82, 2.24) is 15.5 Å². The van der Waals surface area contributed by atoms with Crippen LogP contribution in [0.1, 0.15) is 13.3 Å². The summed E-state index contributed by atoms with van der Waals surface area (Å²) in [5, 5.41) is 6.37. The topological polar surface area (TPSA) is 58.1 Å². The van der Waals surface area contributed by atoms with E-state index in [0.717, 1.165) is 12.2 Å². The van der Waals surface area contributed by atoms with Crippen LogP contribution in [-0.2, 0) is 0 Å². The van der Waals surface area contributed by atoms with Gasteiger partial charge in [-0.05, 0) is 37.9 Å². The first-order valence-electron chi connectivity index (χ1n) is 9.33. The van der Waals surface area contributed by atoms with Crippen LogP contribution in [0.2, 0.25) is 0 Å². The molecule has 1 aliphatic heterocycles. The second-order valence-corrected chi connectivity index (χ2v) is 6.95. The van der Waals surface area contributed by atoms with Gasteiger partial charge in [-0.1, -0.05) is 6.07 Å². The molecule has 28 heavy (non-hydrogen) atoms. The van der Waals surface area contributed by atoms with Crippen molar-refractivity contribution in [3.8, 4) is 11.5 Å². The van der Waals surface area contributed by atoms with Gasteiger partial charge in [0.15, 0.2) is 5.96 Å². The normalized spacial score (nSPS) is 19.4. The van der Waals surface area contributed by atoms with E-state index in [9.17, 15) is 13.2 Å². The van der Waals surface area contributed by atoms with E-state index in [1.54, 1.807) is 14.2 Å². The lowest BCUT2D eigenvalue weighted by atomic mass is 10.1. The van der Waals surface area contributed by atoms with Gasteiger partial charge in [0.05, 0.1) is 20.2 Å². The molecule has 2 atom stereocenters. The Morgan fingerprint density at radius 3 is 2.75 bits per heavy atom. The molecule has 1 aromatic carbocycles. The molecule has 9 heteroatoms. The third kappa shape index (κ3) is 7.84. The third-order valence-corrected chi connectivity index (χ3v) is 4.49. The predicted molar refractivity (Wildman–Crippen MR) is 103 cm³/mol. The second-order valence-electron chi connectivity index (χ2n) is 6.95. The Balaban J connectivity index is 1.70. The van der Waals surface area contributed by atoms with E-state index >= 15 is 0 Å². The van der Waals surface area contributed by atoms with Crippen LogP contribution in [0.15, 0.2) is 29.3 Å². The molecule has 6 nitrogen and oxygen atoms in total. The van der Waals surface area contributed by atoms with Gasteiger partial charge in [-0.15, -0.1) is 0 Å². The van der Waals surface area contributed by atoms with E-state index in [1.807, 2.05) is 31.2 Å². The number of hydrogen-bond acceptors (Lipinski definition) is 4. The molecule has 1 heterocycles. The Morgan fingerprint density at radius 2 is 2.07 bits per heavy atom. The lowest BCUT2D eigenvalue weighted by molar-refractivity contribution is -0.143. The van der Waals surface area contributed by atoms with Crippen LogP contribution in [0.3, 0.4) is 0 Å². The van der Waals surface area contributed by atoms with Crippen molar-refractivity contribution in [2.75, 3.05) is 46.9 Å². The minimum absolute atomic E-state index is 0.112. The Kier molecular flexibility index (Phi) is 8.22. The van der Waals surface area contributed by atoms with Gasteiger partial charge >= 0.3 is 6.18 Å². The van der Waals surface area contributed by atoms with E-state index < -0.39 is 12.7 Å². The molecule has 1 fully saturated rings. The van der Waals surface area contributed by atoms with Crippen LogP contribution >= 0.6 is 0 Å². The summed E-state index contributed by atoms with van der Waals surface area (Å²) < 4.78 is 48.4. The van der Waals surface area contributed by atoms with Crippen molar-refractivity contribution < 1.29 is 22.6 Å². The quantitative estimate of drug-likeness (QED) is 0.517. The zero-order valence-electron chi connectivity index (χ0n) is 16.6. The Hall–Kier alpha value is -2.16. The lowest BCUT2D eigenvalue weighted by Crippen LogP contribution is -2.43. The van der Waals surface area contributed by atoms with Crippen molar-refractivity contribution in [2.45, 2.75) is 25.6 Å². The molecule has 0 radical (unpaired) electrons. The first kappa shape index (κ1) is 22.1. The fourth-order valence-corrected chi connectivity index (χ4v) is 3.13. The monoisotopic (exact) mass is 402 g/mol. The maximum atomic E-state index is 12.5. The van der Waals surface area contributed by atoms with Crippen molar-refractivity contribution in [2.24, 2.45) is 10.9 Å². The highest BCUT2D eigenvalue weighted by molar-refractivity contribution is 5.79. The SMILES string of the molecule is CN=C(NCC1CCN(CC(F)(F)F)C1)NCC(C)Oc1cccc(OC)c1. The summed E-state index contributed by atoms with van der Waals surface area (Å²) in [4.78, 5) is 5.61. The van der Waals surface area contributed by atoms with Gasteiger partial charge in [0.2, 0.25) is 0 Å². The molecule has 2 N–H and O–H groups in total. The fraction of sp³-hybridized carbons (Fsp3) is 0.632. The molecule has 0 amide bonds. The lowest BCUT2D eigenvalue weighted by Gasteiger charge is -2.20. The highest BCUT2D eigenvalue weighted by atomic mass is 19.4. The van der Waals surface area contributed by atoms with Crippen LogP contribution in [0.5, 0.6) is 11.5 Å². The zero-order valence-corrected chi connectivity index (χ0v) is 16.6. The maximum Gasteiger partial charge on any atom is 0.401 e. The average Bonchev–Trinajstić information content (AvgIpc) is 3.07. The van der Waals surface area contributed by atoms with E-state index in [4.69, 9.17) is 9.47 Å². The van der Waals surface area contributed by atoms with Gasteiger partial charge in [-0.2, -0.15) is 13.2 Å². The number of ether oxygens (including phenoxy) is 2. The number of nitrogens with zero attached hydrogens (tertiary/aromatic N) is 2.